The molecule has 0 heteroatoms. The summed E-state index contributed by atoms with van der Waals surface area (Å²) >= 11 is 0. The van der Waals surface area contributed by atoms with Crippen molar-refractivity contribution in [2.24, 2.45) is 0 Å². The molecule has 0 amide bonds. The molecule has 0 aromatic heterocycles. The maximum Gasteiger partial charge on any atom is -0.0439 e. The first-order chi connectivity index (χ1) is 4.27. The van der Waals surface area contributed by atoms with Gasteiger partial charge >= 0.3 is 0 Å². The first-order valence-corrected chi connectivity index (χ1v) is 3.53. The Labute approximate surface area is 66.7 Å². The Bertz CT molecular complexity index is 82.2. The molecule has 0 aromatic carbocycles. The summed E-state index contributed by atoms with van der Waals surface area (Å²) in [6.45, 7) is 10.2. The van der Waals surface area contributed by atoms with Crippen LogP contribution in [-0.2, 0) is 0 Å². The SMILES string of the molecule is C.C/C=C\C=C(C)C.CC. The van der Waals surface area contributed by atoms with E-state index >= 15 is 0 Å². The Morgan fingerprint density at radius 2 is 1.50 bits per heavy atom. The normalized spacial score (nSPS) is 7.30. The molecule has 0 fully saturated rings. The molecule has 0 N–H and O–H groups in total. The molecule has 62 valence electrons. The van der Waals surface area contributed by atoms with Crippen molar-refractivity contribution >= 4 is 0 Å². The van der Waals surface area contributed by atoms with Crippen molar-refractivity contribution in [3.63, 3.8) is 0 Å². The van der Waals surface area contributed by atoms with E-state index in [0.29, 0.717) is 0 Å². The summed E-state index contributed by atoms with van der Waals surface area (Å²) in [5.41, 5.74) is 1.35. The summed E-state index contributed by atoms with van der Waals surface area (Å²) in [7, 11) is 0. The lowest BCUT2D eigenvalue weighted by Crippen LogP contribution is -1.56. The number of hydrogen-bond donors (Lipinski definition) is 0. The van der Waals surface area contributed by atoms with Crippen LogP contribution in [0.1, 0.15) is 42.0 Å². The van der Waals surface area contributed by atoms with E-state index in [2.05, 4.69) is 19.9 Å². The number of rotatable bonds is 1. The highest BCUT2D eigenvalue weighted by Crippen LogP contribution is 1.87. The smallest absolute Gasteiger partial charge is 0.0439 e. The van der Waals surface area contributed by atoms with Crippen molar-refractivity contribution in [2.75, 3.05) is 0 Å². The lowest BCUT2D eigenvalue weighted by Gasteiger charge is -1.77. The van der Waals surface area contributed by atoms with E-state index in [9.17, 15) is 0 Å². The minimum atomic E-state index is 0. The maximum atomic E-state index is 2.08. The third-order valence-electron chi connectivity index (χ3n) is 0.622. The Hall–Kier alpha value is -0.520. The van der Waals surface area contributed by atoms with Crippen LogP contribution in [0, 0.1) is 0 Å². The van der Waals surface area contributed by atoms with Gasteiger partial charge in [-0.1, -0.05) is 45.1 Å². The van der Waals surface area contributed by atoms with Crippen molar-refractivity contribution in [1.29, 1.82) is 0 Å². The zero-order chi connectivity index (χ0) is 7.70. The molecule has 0 nitrogen and oxygen atoms in total. The highest BCUT2D eigenvalue weighted by Gasteiger charge is 1.65. The largest absolute Gasteiger partial charge is 0.0877 e. The van der Waals surface area contributed by atoms with Gasteiger partial charge in [-0.05, 0) is 20.8 Å². The lowest BCUT2D eigenvalue weighted by molar-refractivity contribution is 1.39. The standard InChI is InChI=1S/C7H12.C2H6.CH4/c1-4-5-6-7(2)3;1-2;/h4-6H,1-3H3;1-2H3;1H4/b5-4-;;. The van der Waals surface area contributed by atoms with E-state index in [1.807, 2.05) is 32.9 Å². The molecule has 0 aliphatic heterocycles. The molecule has 0 aliphatic rings. The summed E-state index contributed by atoms with van der Waals surface area (Å²) in [5, 5.41) is 0. The van der Waals surface area contributed by atoms with Crippen molar-refractivity contribution in [3.05, 3.63) is 23.8 Å². The van der Waals surface area contributed by atoms with E-state index in [4.69, 9.17) is 0 Å². The second kappa shape index (κ2) is 15.8. The molecule has 10 heavy (non-hydrogen) atoms. The van der Waals surface area contributed by atoms with E-state index in [0.717, 1.165) is 0 Å². The molecule has 0 heterocycles. The second-order valence-corrected chi connectivity index (χ2v) is 1.77. The molecule has 0 rings (SSSR count). The van der Waals surface area contributed by atoms with E-state index in [-0.39, 0.29) is 7.43 Å². The zero-order valence-electron chi connectivity index (χ0n) is 7.23. The molecule has 0 saturated carbocycles. The predicted molar refractivity (Wildman–Crippen MR) is 52.3 cm³/mol. The highest BCUT2D eigenvalue weighted by atomic mass is 13.7. The Morgan fingerprint density at radius 1 is 1.10 bits per heavy atom. The van der Waals surface area contributed by atoms with Gasteiger partial charge in [0.15, 0.2) is 0 Å². The summed E-state index contributed by atoms with van der Waals surface area (Å²) in [6, 6.07) is 0. The zero-order valence-corrected chi connectivity index (χ0v) is 7.23. The average molecular weight is 142 g/mol. The first-order valence-electron chi connectivity index (χ1n) is 3.53. The van der Waals surface area contributed by atoms with Crippen LogP contribution in [-0.4, -0.2) is 0 Å². The summed E-state index contributed by atoms with van der Waals surface area (Å²) < 4.78 is 0. The highest BCUT2D eigenvalue weighted by molar-refractivity contribution is 5.06. The van der Waals surface area contributed by atoms with Crippen LogP contribution in [0.3, 0.4) is 0 Å². The van der Waals surface area contributed by atoms with Crippen molar-refractivity contribution in [1.82, 2.24) is 0 Å². The number of hydrogen-bond acceptors (Lipinski definition) is 0. The molecule has 0 spiro atoms. The summed E-state index contributed by atoms with van der Waals surface area (Å²) in [4.78, 5) is 0. The summed E-state index contributed by atoms with van der Waals surface area (Å²) in [6.07, 6.45) is 6.14. The molecule has 0 bridgehead atoms. The van der Waals surface area contributed by atoms with Gasteiger partial charge in [-0.2, -0.15) is 0 Å². The van der Waals surface area contributed by atoms with Crippen molar-refractivity contribution in [3.8, 4) is 0 Å². The minimum absolute atomic E-state index is 0. The lowest BCUT2D eigenvalue weighted by atomic mass is 10.3. The van der Waals surface area contributed by atoms with Crippen LogP contribution in [0.2, 0.25) is 0 Å². The maximum absolute atomic E-state index is 2.08. The summed E-state index contributed by atoms with van der Waals surface area (Å²) in [5.74, 6) is 0. The fourth-order valence-electron chi connectivity index (χ4n) is 0.289. The molecule has 0 radical (unpaired) electrons. The Balaban J connectivity index is -0.000000149. The first kappa shape index (κ1) is 16.2. The van der Waals surface area contributed by atoms with E-state index in [1.54, 1.807) is 0 Å². The van der Waals surface area contributed by atoms with E-state index in [1.165, 1.54) is 5.57 Å². The van der Waals surface area contributed by atoms with Crippen molar-refractivity contribution in [2.45, 2.75) is 42.0 Å². The van der Waals surface area contributed by atoms with Crippen LogP contribution in [0.25, 0.3) is 0 Å². The van der Waals surface area contributed by atoms with Crippen LogP contribution in [0.5, 0.6) is 0 Å². The van der Waals surface area contributed by atoms with Gasteiger partial charge in [0.1, 0.15) is 0 Å². The molecule has 0 unspecified atom stereocenters. The van der Waals surface area contributed by atoms with Gasteiger partial charge in [0.05, 0.1) is 0 Å². The van der Waals surface area contributed by atoms with Gasteiger partial charge in [-0.15, -0.1) is 0 Å². The van der Waals surface area contributed by atoms with Crippen LogP contribution in [0.15, 0.2) is 23.8 Å². The fraction of sp³-hybridized carbons (Fsp3) is 0.600. The van der Waals surface area contributed by atoms with Crippen LogP contribution >= 0.6 is 0 Å². The molecule has 0 aromatic rings. The Morgan fingerprint density at radius 3 is 1.60 bits per heavy atom. The average Bonchev–Trinajstić information content (AvgIpc) is 1.88. The molecular weight excluding hydrogens is 120 g/mol. The van der Waals surface area contributed by atoms with Crippen molar-refractivity contribution < 1.29 is 0 Å². The third-order valence-corrected chi connectivity index (χ3v) is 0.622. The Kier molecular flexibility index (Phi) is 25.7. The van der Waals surface area contributed by atoms with Crippen LogP contribution < -0.4 is 0 Å². The molecular formula is C10H22. The predicted octanol–water partition coefficient (Wildman–Crippen LogP) is 4.19. The topological polar surface area (TPSA) is 0 Å². The van der Waals surface area contributed by atoms with Gasteiger partial charge < -0.3 is 0 Å². The molecule has 0 atom stereocenters. The van der Waals surface area contributed by atoms with Crippen LogP contribution in [0.4, 0.5) is 0 Å². The van der Waals surface area contributed by atoms with Gasteiger partial charge in [-0.25, -0.2) is 0 Å². The quantitative estimate of drug-likeness (QED) is 0.481. The van der Waals surface area contributed by atoms with Gasteiger partial charge in [0.2, 0.25) is 0 Å². The fourth-order valence-corrected chi connectivity index (χ4v) is 0.289. The monoisotopic (exact) mass is 142 g/mol. The molecule has 0 aliphatic carbocycles. The number of allylic oxidation sites excluding steroid dienone is 4. The molecule has 0 saturated heterocycles. The minimum Gasteiger partial charge on any atom is -0.0877 e. The van der Waals surface area contributed by atoms with E-state index < -0.39 is 0 Å². The third kappa shape index (κ3) is 25.9. The van der Waals surface area contributed by atoms with Gasteiger partial charge in [-0.3, -0.25) is 0 Å². The second-order valence-electron chi connectivity index (χ2n) is 1.77. The van der Waals surface area contributed by atoms with Gasteiger partial charge in [0.25, 0.3) is 0 Å². The van der Waals surface area contributed by atoms with Gasteiger partial charge in [0, 0.05) is 0 Å².